The van der Waals surface area contributed by atoms with E-state index in [-0.39, 0.29) is 28.9 Å². The van der Waals surface area contributed by atoms with Crippen molar-refractivity contribution in [3.05, 3.63) is 53.6 Å². The number of carbonyl (C=O) groups excluding carboxylic acids is 3. The van der Waals surface area contributed by atoms with Gasteiger partial charge in [-0.15, -0.1) is 0 Å². The van der Waals surface area contributed by atoms with Crippen LogP contribution >= 0.6 is 23.2 Å². The van der Waals surface area contributed by atoms with Gasteiger partial charge >= 0.3 is 0 Å². The van der Waals surface area contributed by atoms with Crippen LogP contribution in [0.5, 0.6) is 5.75 Å². The van der Waals surface area contributed by atoms with Crippen molar-refractivity contribution in [1.29, 1.82) is 0 Å². The van der Waals surface area contributed by atoms with Crippen molar-refractivity contribution in [1.82, 2.24) is 0 Å². The number of ether oxygens (including phenoxy) is 1. The molecule has 6 rings (SSSR count). The molecular weight excluding hydrogens is 631 g/mol. The lowest BCUT2D eigenvalue weighted by Crippen LogP contribution is -2.56. The van der Waals surface area contributed by atoms with E-state index in [2.05, 4.69) is 70.4 Å². The summed E-state index contributed by atoms with van der Waals surface area (Å²) >= 11 is 13.1. The minimum absolute atomic E-state index is 0.0400. The second kappa shape index (κ2) is 13.7. The first-order valence-electron chi connectivity index (χ1n) is 17.5. The maximum Gasteiger partial charge on any atom is 0.268 e. The van der Waals surface area contributed by atoms with Crippen molar-refractivity contribution in [3.8, 4) is 5.75 Å². The Bertz CT molecular complexity index is 1460. The first-order chi connectivity index (χ1) is 22.1. The first-order valence-corrected chi connectivity index (χ1v) is 18.3. The molecule has 4 aliphatic carbocycles. The number of nitrogens with one attached hydrogen (secondary N) is 2. The van der Waals surface area contributed by atoms with Crippen molar-refractivity contribution in [2.75, 3.05) is 17.2 Å². The molecule has 4 saturated carbocycles. The predicted molar refractivity (Wildman–Crippen MR) is 192 cm³/mol. The first kappa shape index (κ1) is 35.7. The number of amides is 2. The van der Waals surface area contributed by atoms with Gasteiger partial charge in [-0.2, -0.15) is 0 Å². The number of rotatable bonds is 14. The number of anilines is 2. The number of benzene rings is 2. The minimum Gasteiger partial charge on any atom is -0.493 e. The quantitative estimate of drug-likeness (QED) is 0.118. The largest absolute Gasteiger partial charge is 0.493 e. The zero-order valence-electron chi connectivity index (χ0n) is 28.9. The lowest BCUT2D eigenvalue weighted by atomic mass is 9.48. The lowest BCUT2D eigenvalue weighted by Gasteiger charge is -2.56. The highest BCUT2D eigenvalue weighted by molar-refractivity contribution is 6.69. The van der Waals surface area contributed by atoms with Gasteiger partial charge in [-0.3, -0.25) is 14.4 Å². The van der Waals surface area contributed by atoms with E-state index in [1.54, 1.807) is 24.3 Å². The molecule has 256 valence electrons. The summed E-state index contributed by atoms with van der Waals surface area (Å²) in [5.41, 5.74) is 2.87. The molecule has 0 unspecified atom stereocenters. The average Bonchev–Trinajstić information content (AvgIpc) is 3.02. The van der Waals surface area contributed by atoms with Gasteiger partial charge in [0.05, 0.1) is 6.61 Å². The van der Waals surface area contributed by atoms with E-state index in [0.29, 0.717) is 42.2 Å². The lowest BCUT2D eigenvalue weighted by molar-refractivity contribution is -0.146. The average molecular weight is 684 g/mol. The second-order valence-electron chi connectivity index (χ2n) is 15.8. The molecule has 8 heteroatoms. The Labute approximate surface area is 291 Å². The van der Waals surface area contributed by atoms with Crippen LogP contribution in [-0.4, -0.2) is 28.5 Å². The fraction of sp³-hybridized carbons (Fsp3) is 0.615. The number of Topliss-reactive ketones (excluding diaryl/α,β-unsaturated/α-hetero) is 1. The summed E-state index contributed by atoms with van der Waals surface area (Å²) in [5, 5.41) is 5.62. The van der Waals surface area contributed by atoms with Crippen LogP contribution in [0.15, 0.2) is 42.5 Å². The maximum atomic E-state index is 13.7. The summed E-state index contributed by atoms with van der Waals surface area (Å²) in [7, 11) is 0. The highest BCUT2D eigenvalue weighted by atomic mass is 35.5. The van der Waals surface area contributed by atoms with Crippen LogP contribution in [0.3, 0.4) is 0 Å². The van der Waals surface area contributed by atoms with Gasteiger partial charge in [-0.05, 0) is 116 Å². The van der Waals surface area contributed by atoms with E-state index in [9.17, 15) is 14.4 Å². The summed E-state index contributed by atoms with van der Waals surface area (Å²) in [6, 6.07) is 13.3. The monoisotopic (exact) mass is 682 g/mol. The molecule has 0 aliphatic heterocycles. The zero-order chi connectivity index (χ0) is 34.2. The predicted octanol–water partition coefficient (Wildman–Crippen LogP) is 9.76. The molecular formula is C39H52Cl2N2O4. The second-order valence-corrected chi connectivity index (χ2v) is 17.1. The van der Waals surface area contributed by atoms with Crippen LogP contribution in [0.25, 0.3) is 0 Å². The fourth-order valence-corrected chi connectivity index (χ4v) is 8.84. The van der Waals surface area contributed by atoms with E-state index >= 15 is 0 Å². The summed E-state index contributed by atoms with van der Waals surface area (Å²) in [5.74, 6) is 1.18. The van der Waals surface area contributed by atoms with Crippen molar-refractivity contribution in [2.24, 2.45) is 23.2 Å². The summed E-state index contributed by atoms with van der Waals surface area (Å²) in [6.07, 6.45) is 8.70. The molecule has 2 aromatic rings. The number of carbonyl (C=O) groups is 3. The van der Waals surface area contributed by atoms with Crippen molar-refractivity contribution in [2.45, 2.75) is 121 Å². The molecule has 0 heterocycles. The fourth-order valence-electron chi connectivity index (χ4n) is 8.35. The molecule has 0 radical (unpaired) electrons. The molecule has 0 atom stereocenters. The van der Waals surface area contributed by atoms with Gasteiger partial charge in [0.15, 0.2) is 5.78 Å². The summed E-state index contributed by atoms with van der Waals surface area (Å²) < 4.78 is 4.06. The minimum atomic E-state index is -2.18. The number of halogens is 2. The van der Waals surface area contributed by atoms with Crippen LogP contribution in [0.2, 0.25) is 0 Å². The Hall–Kier alpha value is -2.57. The number of alkyl halides is 2. The van der Waals surface area contributed by atoms with E-state index in [1.165, 1.54) is 30.4 Å². The Morgan fingerprint density at radius 2 is 1.40 bits per heavy atom. The van der Waals surface area contributed by atoms with Crippen molar-refractivity contribution >= 4 is 52.2 Å². The van der Waals surface area contributed by atoms with Crippen LogP contribution in [0, 0.1) is 23.2 Å². The Morgan fingerprint density at radius 1 is 0.830 bits per heavy atom. The van der Waals surface area contributed by atoms with E-state index in [0.717, 1.165) is 37.9 Å². The van der Waals surface area contributed by atoms with E-state index in [1.807, 2.05) is 0 Å². The van der Waals surface area contributed by atoms with Gasteiger partial charge in [0.2, 0.25) is 5.91 Å². The standard InChI is InChI=1S/C39H52Cl2N2O4/c1-7-36(3,4)28-14-15-32(31(20-28)37(5,6)8-2)47-16-10-13-33(44)42-29-11-9-12-30(21-29)43-35(46)39(40,41)34(45)38-22-25-17-26(23-38)19-27(18-25)24-38/h9,11-12,14-15,20-21,25-27H,7-8,10,13,16-19,22-24H2,1-6H3,(H,42,44)(H,43,46). The Kier molecular flexibility index (Phi) is 10.4. The van der Waals surface area contributed by atoms with Gasteiger partial charge in [-0.25, -0.2) is 0 Å². The summed E-state index contributed by atoms with van der Waals surface area (Å²) in [6.45, 7) is 13.8. The molecule has 0 aromatic heterocycles. The normalized spacial score (nSPS) is 23.8. The third kappa shape index (κ3) is 7.69. The third-order valence-electron chi connectivity index (χ3n) is 11.6. The van der Waals surface area contributed by atoms with Crippen LogP contribution < -0.4 is 15.4 Å². The van der Waals surface area contributed by atoms with Crippen LogP contribution in [0.4, 0.5) is 11.4 Å². The zero-order valence-corrected chi connectivity index (χ0v) is 30.5. The number of hydrogen-bond acceptors (Lipinski definition) is 4. The Morgan fingerprint density at radius 3 is 1.98 bits per heavy atom. The Balaban J connectivity index is 1.14. The molecule has 4 aliphatic rings. The van der Waals surface area contributed by atoms with Gasteiger partial charge in [-0.1, -0.05) is 82.9 Å². The van der Waals surface area contributed by atoms with Crippen molar-refractivity contribution in [3.63, 3.8) is 0 Å². The molecule has 4 bridgehead atoms. The van der Waals surface area contributed by atoms with Crippen molar-refractivity contribution < 1.29 is 19.1 Å². The number of hydrogen-bond donors (Lipinski definition) is 2. The third-order valence-corrected chi connectivity index (χ3v) is 12.2. The SMILES string of the molecule is CCC(C)(C)c1ccc(OCCCC(=O)Nc2cccc(NC(=O)C(Cl)(Cl)C(=O)C34CC5CC(CC(C5)C3)C4)c2)c(C(C)(C)CC)c1. The topological polar surface area (TPSA) is 84.5 Å². The molecule has 47 heavy (non-hydrogen) atoms. The van der Waals surface area contributed by atoms with Crippen LogP contribution in [0.1, 0.15) is 117 Å². The summed E-state index contributed by atoms with van der Waals surface area (Å²) in [4.78, 5) is 39.9. The molecule has 6 nitrogen and oxygen atoms in total. The van der Waals surface area contributed by atoms with Gasteiger partial charge in [0, 0.05) is 28.8 Å². The molecule has 2 aromatic carbocycles. The van der Waals surface area contributed by atoms with Gasteiger partial charge < -0.3 is 15.4 Å². The molecule has 2 amide bonds. The van der Waals surface area contributed by atoms with Gasteiger partial charge in [0.1, 0.15) is 5.75 Å². The molecule has 4 fully saturated rings. The number of ketones is 1. The van der Waals surface area contributed by atoms with Gasteiger partial charge in [0.25, 0.3) is 10.2 Å². The molecule has 2 N–H and O–H groups in total. The highest BCUT2D eigenvalue weighted by Crippen LogP contribution is 2.62. The maximum absolute atomic E-state index is 13.7. The van der Waals surface area contributed by atoms with E-state index < -0.39 is 15.7 Å². The van der Waals surface area contributed by atoms with Crippen LogP contribution in [-0.2, 0) is 25.2 Å². The molecule has 0 spiro atoms. The highest BCUT2D eigenvalue weighted by Gasteiger charge is 2.60. The molecule has 0 saturated heterocycles. The van der Waals surface area contributed by atoms with E-state index in [4.69, 9.17) is 27.9 Å². The smallest absolute Gasteiger partial charge is 0.268 e.